The van der Waals surface area contributed by atoms with Crippen LogP contribution in [0.25, 0.3) is 0 Å². The Morgan fingerprint density at radius 1 is 1.39 bits per heavy atom. The van der Waals surface area contributed by atoms with Crippen molar-refractivity contribution in [3.63, 3.8) is 0 Å². The minimum Gasteiger partial charge on any atom is -0.389 e. The standard InChI is InChI=1S/C13H20N4S/c1-16(2)11-5-7-17(8-6-11)12-4-3-10(9-15-12)13(14)18/h3-4,9,11H,5-8H2,1-2H3,(H2,14,18). The number of nitrogens with zero attached hydrogens (tertiary/aromatic N) is 3. The monoisotopic (exact) mass is 264 g/mol. The van der Waals surface area contributed by atoms with Gasteiger partial charge in [-0.1, -0.05) is 12.2 Å². The van der Waals surface area contributed by atoms with Gasteiger partial charge in [0.05, 0.1) is 0 Å². The minimum absolute atomic E-state index is 0.403. The maximum absolute atomic E-state index is 5.57. The van der Waals surface area contributed by atoms with E-state index in [9.17, 15) is 0 Å². The van der Waals surface area contributed by atoms with E-state index < -0.39 is 0 Å². The normalized spacial score (nSPS) is 17.2. The summed E-state index contributed by atoms with van der Waals surface area (Å²) in [5.41, 5.74) is 6.40. The van der Waals surface area contributed by atoms with Gasteiger partial charge in [0.15, 0.2) is 0 Å². The maximum Gasteiger partial charge on any atom is 0.128 e. The first-order valence-electron chi connectivity index (χ1n) is 6.25. The molecule has 5 heteroatoms. The summed E-state index contributed by atoms with van der Waals surface area (Å²) in [6, 6.07) is 4.64. The molecular weight excluding hydrogens is 244 g/mol. The Labute approximate surface area is 114 Å². The van der Waals surface area contributed by atoms with Crippen molar-refractivity contribution < 1.29 is 0 Å². The predicted octanol–water partition coefficient (Wildman–Crippen LogP) is 1.25. The molecule has 2 rings (SSSR count). The highest BCUT2D eigenvalue weighted by atomic mass is 32.1. The van der Waals surface area contributed by atoms with Crippen molar-refractivity contribution in [2.24, 2.45) is 5.73 Å². The molecule has 18 heavy (non-hydrogen) atoms. The number of hydrogen-bond acceptors (Lipinski definition) is 4. The molecule has 0 unspecified atom stereocenters. The molecule has 2 N–H and O–H groups in total. The quantitative estimate of drug-likeness (QED) is 0.832. The molecule has 0 radical (unpaired) electrons. The Morgan fingerprint density at radius 2 is 2.06 bits per heavy atom. The average Bonchev–Trinajstić information content (AvgIpc) is 2.39. The Hall–Kier alpha value is -1.20. The van der Waals surface area contributed by atoms with Gasteiger partial charge in [0.1, 0.15) is 10.8 Å². The second kappa shape index (κ2) is 5.63. The molecule has 0 spiro atoms. The average molecular weight is 264 g/mol. The molecule has 1 fully saturated rings. The summed E-state index contributed by atoms with van der Waals surface area (Å²) in [6.45, 7) is 2.12. The van der Waals surface area contributed by atoms with Gasteiger partial charge in [-0.25, -0.2) is 4.98 Å². The van der Waals surface area contributed by atoms with E-state index in [1.165, 1.54) is 12.8 Å². The lowest BCUT2D eigenvalue weighted by atomic mass is 10.0. The SMILES string of the molecule is CN(C)C1CCN(c2ccc(C(N)=S)cn2)CC1. The van der Waals surface area contributed by atoms with Crippen molar-refractivity contribution in [1.29, 1.82) is 0 Å². The first-order chi connectivity index (χ1) is 8.58. The molecular formula is C13H20N4S. The van der Waals surface area contributed by atoms with Crippen LogP contribution in [0.4, 0.5) is 5.82 Å². The highest BCUT2D eigenvalue weighted by Gasteiger charge is 2.21. The number of thiocarbonyl (C=S) groups is 1. The molecule has 1 aliphatic rings. The zero-order chi connectivity index (χ0) is 13.1. The van der Waals surface area contributed by atoms with E-state index in [0.717, 1.165) is 24.5 Å². The zero-order valence-electron chi connectivity index (χ0n) is 11.0. The van der Waals surface area contributed by atoms with Crippen LogP contribution >= 0.6 is 12.2 Å². The molecule has 4 nitrogen and oxygen atoms in total. The Balaban J connectivity index is 1.99. The molecule has 0 amide bonds. The second-order valence-electron chi connectivity index (χ2n) is 4.95. The van der Waals surface area contributed by atoms with Crippen molar-refractivity contribution in [2.45, 2.75) is 18.9 Å². The van der Waals surface area contributed by atoms with Gasteiger partial charge in [-0.3, -0.25) is 0 Å². The molecule has 2 heterocycles. The van der Waals surface area contributed by atoms with Crippen LogP contribution in [0.1, 0.15) is 18.4 Å². The fraction of sp³-hybridized carbons (Fsp3) is 0.538. The first kappa shape index (κ1) is 13.2. The number of hydrogen-bond donors (Lipinski definition) is 1. The lowest BCUT2D eigenvalue weighted by molar-refractivity contribution is 0.249. The Morgan fingerprint density at radius 3 is 2.50 bits per heavy atom. The summed E-state index contributed by atoms with van der Waals surface area (Å²) in [5.74, 6) is 1.02. The largest absolute Gasteiger partial charge is 0.389 e. The van der Waals surface area contributed by atoms with Crippen LogP contribution in [0, 0.1) is 0 Å². The zero-order valence-corrected chi connectivity index (χ0v) is 11.8. The van der Waals surface area contributed by atoms with E-state index in [1.807, 2.05) is 12.1 Å². The van der Waals surface area contributed by atoms with Crippen LogP contribution in [0.15, 0.2) is 18.3 Å². The lowest BCUT2D eigenvalue weighted by Gasteiger charge is -2.35. The fourth-order valence-corrected chi connectivity index (χ4v) is 2.45. The summed E-state index contributed by atoms with van der Waals surface area (Å²) in [5, 5.41) is 0. The Kier molecular flexibility index (Phi) is 4.14. The van der Waals surface area contributed by atoms with E-state index in [-0.39, 0.29) is 0 Å². The number of nitrogens with two attached hydrogens (primary N) is 1. The van der Waals surface area contributed by atoms with Crippen LogP contribution in [0.2, 0.25) is 0 Å². The van der Waals surface area contributed by atoms with Gasteiger partial charge in [-0.15, -0.1) is 0 Å². The highest BCUT2D eigenvalue weighted by Crippen LogP contribution is 2.19. The predicted molar refractivity (Wildman–Crippen MR) is 79.0 cm³/mol. The van der Waals surface area contributed by atoms with Crippen LogP contribution in [0.3, 0.4) is 0 Å². The number of pyridine rings is 1. The fourth-order valence-electron chi connectivity index (χ4n) is 2.33. The van der Waals surface area contributed by atoms with Gasteiger partial charge in [0, 0.05) is 30.9 Å². The molecule has 98 valence electrons. The van der Waals surface area contributed by atoms with Gasteiger partial charge in [0.25, 0.3) is 0 Å². The molecule has 1 aromatic rings. The van der Waals surface area contributed by atoms with Gasteiger partial charge >= 0.3 is 0 Å². The van der Waals surface area contributed by atoms with Crippen molar-refractivity contribution in [3.8, 4) is 0 Å². The summed E-state index contributed by atoms with van der Waals surface area (Å²) < 4.78 is 0. The van der Waals surface area contributed by atoms with Crippen LogP contribution < -0.4 is 10.6 Å². The van der Waals surface area contributed by atoms with E-state index >= 15 is 0 Å². The molecule has 1 aliphatic heterocycles. The van der Waals surface area contributed by atoms with Crippen molar-refractivity contribution >= 4 is 23.0 Å². The van der Waals surface area contributed by atoms with Crippen molar-refractivity contribution in [1.82, 2.24) is 9.88 Å². The number of aromatic nitrogens is 1. The molecule has 0 aromatic carbocycles. The van der Waals surface area contributed by atoms with E-state index in [0.29, 0.717) is 11.0 Å². The summed E-state index contributed by atoms with van der Waals surface area (Å²) >= 11 is 4.92. The third kappa shape index (κ3) is 2.97. The minimum atomic E-state index is 0.403. The van der Waals surface area contributed by atoms with Crippen LogP contribution in [-0.4, -0.2) is 48.1 Å². The van der Waals surface area contributed by atoms with Gasteiger partial charge in [-0.05, 0) is 39.1 Å². The number of rotatable bonds is 3. The maximum atomic E-state index is 5.57. The second-order valence-corrected chi connectivity index (χ2v) is 5.39. The lowest BCUT2D eigenvalue weighted by Crippen LogP contribution is -2.42. The van der Waals surface area contributed by atoms with Gasteiger partial charge in [-0.2, -0.15) is 0 Å². The summed E-state index contributed by atoms with van der Waals surface area (Å²) in [6.07, 6.45) is 4.13. The number of anilines is 1. The highest BCUT2D eigenvalue weighted by molar-refractivity contribution is 7.80. The molecule has 0 atom stereocenters. The van der Waals surface area contributed by atoms with Gasteiger partial charge in [0.2, 0.25) is 0 Å². The van der Waals surface area contributed by atoms with E-state index in [1.54, 1.807) is 6.20 Å². The summed E-state index contributed by atoms with van der Waals surface area (Å²) in [7, 11) is 4.30. The van der Waals surface area contributed by atoms with Crippen molar-refractivity contribution in [2.75, 3.05) is 32.1 Å². The number of piperidine rings is 1. The first-order valence-corrected chi connectivity index (χ1v) is 6.66. The smallest absolute Gasteiger partial charge is 0.128 e. The topological polar surface area (TPSA) is 45.4 Å². The molecule has 0 bridgehead atoms. The third-order valence-corrected chi connectivity index (χ3v) is 3.79. The van der Waals surface area contributed by atoms with E-state index in [2.05, 4.69) is 28.9 Å². The van der Waals surface area contributed by atoms with Crippen LogP contribution in [-0.2, 0) is 0 Å². The molecule has 0 aliphatic carbocycles. The molecule has 1 saturated heterocycles. The molecule has 0 saturated carbocycles. The van der Waals surface area contributed by atoms with Gasteiger partial charge < -0.3 is 15.5 Å². The molecule has 1 aromatic heterocycles. The van der Waals surface area contributed by atoms with Crippen LogP contribution in [0.5, 0.6) is 0 Å². The van der Waals surface area contributed by atoms with E-state index in [4.69, 9.17) is 18.0 Å². The third-order valence-electron chi connectivity index (χ3n) is 3.55. The summed E-state index contributed by atoms with van der Waals surface area (Å²) in [4.78, 5) is 9.47. The Bertz CT molecular complexity index is 408. The van der Waals surface area contributed by atoms with Crippen molar-refractivity contribution in [3.05, 3.63) is 23.9 Å².